The van der Waals surface area contributed by atoms with Crippen LogP contribution in [0.15, 0.2) is 0 Å². The van der Waals surface area contributed by atoms with Crippen molar-refractivity contribution < 1.29 is 9.90 Å². The monoisotopic (exact) mass is 150 g/mol. The zero-order valence-corrected chi connectivity index (χ0v) is 6.15. The van der Waals surface area contributed by atoms with Crippen molar-refractivity contribution >= 4 is 17.7 Å². The lowest BCUT2D eigenvalue weighted by Gasteiger charge is -2.02. The van der Waals surface area contributed by atoms with Crippen molar-refractivity contribution in [2.45, 2.75) is 12.5 Å². The van der Waals surface area contributed by atoms with E-state index in [9.17, 15) is 4.79 Å². The second-order valence-corrected chi connectivity index (χ2v) is 2.71. The molecule has 0 spiro atoms. The van der Waals surface area contributed by atoms with Gasteiger partial charge in [0.2, 0.25) is 0 Å². The summed E-state index contributed by atoms with van der Waals surface area (Å²) in [4.78, 5) is 10.1. The SMILES string of the molecule is CSCC[C@@H]([15NH2])C(=O)O. The maximum absolute atomic E-state index is 10.1. The van der Waals surface area contributed by atoms with E-state index in [0.717, 1.165) is 5.75 Å². The molecule has 0 bridgehead atoms. The lowest BCUT2D eigenvalue weighted by Crippen LogP contribution is -2.30. The minimum absolute atomic E-state index is 0.552. The molecule has 3 nitrogen and oxygen atoms in total. The molecule has 0 saturated carbocycles. The summed E-state index contributed by atoms with van der Waals surface area (Å²) in [6.45, 7) is 0. The Hall–Kier alpha value is -0.220. The predicted molar refractivity (Wildman–Crippen MR) is 38.6 cm³/mol. The van der Waals surface area contributed by atoms with Gasteiger partial charge in [-0.2, -0.15) is 11.8 Å². The first-order valence-corrected chi connectivity index (χ1v) is 4.05. The summed E-state index contributed by atoms with van der Waals surface area (Å²) in [5.41, 5.74) is 5.19. The molecular formula is C5H11NO2S. The Morgan fingerprint density at radius 3 is 2.78 bits per heavy atom. The van der Waals surface area contributed by atoms with Crippen LogP contribution in [0.4, 0.5) is 0 Å². The van der Waals surface area contributed by atoms with Crippen molar-refractivity contribution in [2.24, 2.45) is 5.73 Å². The normalized spacial score (nSPS) is 13.1. The van der Waals surface area contributed by atoms with Crippen LogP contribution < -0.4 is 5.73 Å². The van der Waals surface area contributed by atoms with Gasteiger partial charge in [-0.25, -0.2) is 0 Å². The molecule has 0 radical (unpaired) electrons. The third-order valence-electron chi connectivity index (χ3n) is 0.950. The molecule has 0 rings (SSSR count). The van der Waals surface area contributed by atoms with Crippen LogP contribution in [0.1, 0.15) is 6.42 Å². The summed E-state index contributed by atoms with van der Waals surface area (Å²) in [5.74, 6) is -0.1000. The summed E-state index contributed by atoms with van der Waals surface area (Å²) in [6.07, 6.45) is 2.48. The van der Waals surface area contributed by atoms with E-state index in [-0.39, 0.29) is 0 Å². The highest BCUT2D eigenvalue weighted by Gasteiger charge is 2.08. The molecule has 1 atom stereocenters. The summed E-state index contributed by atoms with van der Waals surface area (Å²) in [6, 6.07) is -0.683. The molecule has 0 aromatic rings. The average Bonchev–Trinajstić information content (AvgIpc) is 1.82. The molecule has 0 aromatic carbocycles. The number of carbonyl (C=O) groups is 1. The van der Waals surface area contributed by atoms with Crippen LogP contribution in [-0.2, 0) is 4.79 Å². The molecule has 0 aliphatic carbocycles. The van der Waals surface area contributed by atoms with Crippen LogP contribution in [-0.4, -0.2) is 29.1 Å². The number of nitrogens with two attached hydrogens (primary N) is 1. The number of hydrogen-bond acceptors (Lipinski definition) is 3. The van der Waals surface area contributed by atoms with Gasteiger partial charge in [-0.15, -0.1) is 0 Å². The average molecular weight is 150 g/mol. The van der Waals surface area contributed by atoms with Gasteiger partial charge in [0.1, 0.15) is 6.04 Å². The van der Waals surface area contributed by atoms with Crippen LogP contribution in [0, 0.1) is 0 Å². The van der Waals surface area contributed by atoms with Gasteiger partial charge in [0, 0.05) is 0 Å². The van der Waals surface area contributed by atoms with Gasteiger partial charge in [-0.1, -0.05) is 0 Å². The second kappa shape index (κ2) is 4.64. The van der Waals surface area contributed by atoms with Crippen molar-refractivity contribution in [3.8, 4) is 0 Å². The molecule has 0 aliphatic rings. The van der Waals surface area contributed by atoms with E-state index in [2.05, 4.69) is 0 Å². The summed E-state index contributed by atoms with van der Waals surface area (Å²) >= 11 is 1.60. The molecular weight excluding hydrogens is 139 g/mol. The topological polar surface area (TPSA) is 63.3 Å². The van der Waals surface area contributed by atoms with Gasteiger partial charge in [0.25, 0.3) is 0 Å². The molecule has 9 heavy (non-hydrogen) atoms. The Kier molecular flexibility index (Phi) is 4.53. The number of carboxylic acid groups (broad SMARTS) is 1. The molecule has 0 fully saturated rings. The van der Waals surface area contributed by atoms with Crippen molar-refractivity contribution in [1.82, 2.24) is 0 Å². The zero-order valence-electron chi connectivity index (χ0n) is 5.33. The van der Waals surface area contributed by atoms with Crippen molar-refractivity contribution in [2.75, 3.05) is 12.0 Å². The van der Waals surface area contributed by atoms with Crippen LogP contribution in [0.5, 0.6) is 0 Å². The van der Waals surface area contributed by atoms with Crippen molar-refractivity contribution in [1.29, 1.82) is 0 Å². The van der Waals surface area contributed by atoms with Crippen LogP contribution in [0.25, 0.3) is 0 Å². The fourth-order valence-corrected chi connectivity index (χ4v) is 0.858. The highest BCUT2D eigenvalue weighted by Crippen LogP contribution is 1.97. The first-order valence-electron chi connectivity index (χ1n) is 2.65. The number of rotatable bonds is 4. The van der Waals surface area contributed by atoms with E-state index in [4.69, 9.17) is 10.8 Å². The van der Waals surface area contributed by atoms with E-state index in [1.54, 1.807) is 11.8 Å². The van der Waals surface area contributed by atoms with Gasteiger partial charge >= 0.3 is 5.97 Å². The minimum atomic E-state index is -0.913. The fraction of sp³-hybridized carbons (Fsp3) is 0.800. The van der Waals surface area contributed by atoms with E-state index in [0.29, 0.717) is 6.42 Å². The summed E-state index contributed by atoms with van der Waals surface area (Å²) < 4.78 is 0. The first kappa shape index (κ1) is 8.78. The molecule has 0 heterocycles. The molecule has 54 valence electrons. The molecule has 0 aromatic heterocycles. The number of aliphatic carboxylic acids is 1. The highest BCUT2D eigenvalue weighted by atomic mass is 32.2. The molecule has 3 N–H and O–H groups in total. The Morgan fingerprint density at radius 2 is 2.44 bits per heavy atom. The summed E-state index contributed by atoms with van der Waals surface area (Å²) in [7, 11) is 0. The third kappa shape index (κ3) is 4.29. The van der Waals surface area contributed by atoms with Crippen LogP contribution in [0.3, 0.4) is 0 Å². The van der Waals surface area contributed by atoms with Crippen LogP contribution >= 0.6 is 11.8 Å². The van der Waals surface area contributed by atoms with Gasteiger partial charge in [0.05, 0.1) is 0 Å². The van der Waals surface area contributed by atoms with E-state index in [1.807, 2.05) is 6.26 Å². The Labute approximate surface area is 58.6 Å². The standard InChI is InChI=1S/C5H11NO2S/c1-9-3-2-4(6)5(7)8/h4H,2-3,6H2,1H3,(H,7,8)/t4-/m1/s1/i6+1. The minimum Gasteiger partial charge on any atom is -0.480 e. The van der Waals surface area contributed by atoms with Crippen LogP contribution in [0.2, 0.25) is 0 Å². The van der Waals surface area contributed by atoms with E-state index >= 15 is 0 Å². The summed E-state index contributed by atoms with van der Waals surface area (Å²) in [5, 5.41) is 8.27. The largest absolute Gasteiger partial charge is 0.480 e. The first-order chi connectivity index (χ1) is 4.18. The highest BCUT2D eigenvalue weighted by molar-refractivity contribution is 7.98. The molecule has 4 heteroatoms. The van der Waals surface area contributed by atoms with Gasteiger partial charge in [-0.05, 0) is 18.4 Å². The number of carboxylic acids is 1. The third-order valence-corrected chi connectivity index (χ3v) is 1.59. The Morgan fingerprint density at radius 1 is 1.89 bits per heavy atom. The molecule has 0 amide bonds. The predicted octanol–water partition coefficient (Wildman–Crippen LogP) is 0.151. The molecule has 0 saturated heterocycles. The zero-order chi connectivity index (χ0) is 7.28. The Balaban J connectivity index is 3.27. The Bertz CT molecular complexity index is 97.0. The van der Waals surface area contributed by atoms with Crippen molar-refractivity contribution in [3.05, 3.63) is 0 Å². The molecule has 0 unspecified atom stereocenters. The van der Waals surface area contributed by atoms with E-state index in [1.165, 1.54) is 0 Å². The maximum atomic E-state index is 10.1. The quantitative estimate of drug-likeness (QED) is 0.560. The smallest absolute Gasteiger partial charge is 0.320 e. The number of thioether (sulfide) groups is 1. The molecule has 0 aliphatic heterocycles. The van der Waals surface area contributed by atoms with Gasteiger partial charge in [-0.3, -0.25) is 4.79 Å². The number of hydrogen-bond donors (Lipinski definition) is 2. The second-order valence-electron chi connectivity index (χ2n) is 1.73. The fourth-order valence-electron chi connectivity index (χ4n) is 0.368. The lowest BCUT2D eigenvalue weighted by atomic mass is 10.3. The van der Waals surface area contributed by atoms with Crippen molar-refractivity contribution in [3.63, 3.8) is 0 Å². The maximum Gasteiger partial charge on any atom is 0.320 e. The van der Waals surface area contributed by atoms with E-state index < -0.39 is 12.0 Å². The lowest BCUT2D eigenvalue weighted by molar-refractivity contribution is -0.138. The van der Waals surface area contributed by atoms with Gasteiger partial charge < -0.3 is 10.8 Å². The van der Waals surface area contributed by atoms with Gasteiger partial charge in [0.15, 0.2) is 0 Å².